The van der Waals surface area contributed by atoms with Gasteiger partial charge in [0.05, 0.1) is 12.7 Å². The predicted octanol–water partition coefficient (Wildman–Crippen LogP) is 1.29. The van der Waals surface area contributed by atoms with Crippen LogP contribution in [0.3, 0.4) is 0 Å². The van der Waals surface area contributed by atoms with E-state index < -0.39 is 0 Å². The zero-order valence-electron chi connectivity index (χ0n) is 9.74. The summed E-state index contributed by atoms with van der Waals surface area (Å²) in [7, 11) is 0. The van der Waals surface area contributed by atoms with Gasteiger partial charge < -0.3 is 10.1 Å². The van der Waals surface area contributed by atoms with Crippen molar-refractivity contribution >= 4 is 5.91 Å². The maximum Gasteiger partial charge on any atom is 0.271 e. The summed E-state index contributed by atoms with van der Waals surface area (Å²) in [5, 5.41) is 2.70. The molecule has 0 saturated heterocycles. The highest BCUT2D eigenvalue weighted by Crippen LogP contribution is 2.07. The number of benzene rings is 1. The molecule has 2 rings (SSSR count). The molecule has 2 aromatic rings. The molecule has 1 aromatic carbocycles. The number of hydrogen-bond donors (Lipinski definition) is 1. The van der Waals surface area contributed by atoms with Gasteiger partial charge >= 0.3 is 0 Å². The second kappa shape index (κ2) is 6.34. The van der Waals surface area contributed by atoms with E-state index in [1.165, 1.54) is 18.6 Å². The van der Waals surface area contributed by atoms with E-state index in [9.17, 15) is 4.79 Å². The van der Waals surface area contributed by atoms with Gasteiger partial charge in [-0.25, -0.2) is 4.98 Å². The minimum atomic E-state index is -0.250. The van der Waals surface area contributed by atoms with Crippen molar-refractivity contribution in [3.63, 3.8) is 0 Å². The Balaban J connectivity index is 1.72. The van der Waals surface area contributed by atoms with Gasteiger partial charge in [0.15, 0.2) is 0 Å². The summed E-state index contributed by atoms with van der Waals surface area (Å²) >= 11 is 0. The number of aromatic nitrogens is 2. The van der Waals surface area contributed by atoms with Crippen molar-refractivity contribution in [2.75, 3.05) is 13.2 Å². The molecule has 1 aromatic heterocycles. The summed E-state index contributed by atoms with van der Waals surface area (Å²) in [6, 6.07) is 9.44. The van der Waals surface area contributed by atoms with Crippen LogP contribution in [-0.2, 0) is 0 Å². The van der Waals surface area contributed by atoms with Gasteiger partial charge in [-0.3, -0.25) is 9.78 Å². The molecular formula is C13H13N3O2. The van der Waals surface area contributed by atoms with E-state index in [0.29, 0.717) is 18.8 Å². The summed E-state index contributed by atoms with van der Waals surface area (Å²) in [6.45, 7) is 0.834. The van der Waals surface area contributed by atoms with Crippen LogP contribution in [0.1, 0.15) is 10.5 Å². The molecule has 0 saturated carbocycles. The predicted molar refractivity (Wildman–Crippen MR) is 66.3 cm³/mol. The molecule has 0 spiro atoms. The van der Waals surface area contributed by atoms with Crippen molar-refractivity contribution in [1.82, 2.24) is 15.3 Å². The van der Waals surface area contributed by atoms with Crippen LogP contribution >= 0.6 is 0 Å². The van der Waals surface area contributed by atoms with Crippen LogP contribution in [0.15, 0.2) is 48.9 Å². The first-order chi connectivity index (χ1) is 8.86. The average molecular weight is 243 g/mol. The first-order valence-electron chi connectivity index (χ1n) is 5.58. The van der Waals surface area contributed by atoms with E-state index in [4.69, 9.17) is 4.74 Å². The van der Waals surface area contributed by atoms with Crippen LogP contribution in [0, 0.1) is 0 Å². The van der Waals surface area contributed by atoms with Crippen LogP contribution in [0.5, 0.6) is 5.75 Å². The Morgan fingerprint density at radius 3 is 2.78 bits per heavy atom. The lowest BCUT2D eigenvalue weighted by molar-refractivity contribution is 0.0941. The molecule has 0 unspecified atom stereocenters. The largest absolute Gasteiger partial charge is 0.492 e. The van der Waals surface area contributed by atoms with Crippen LogP contribution in [0.2, 0.25) is 0 Å². The molecule has 0 aliphatic heterocycles. The van der Waals surface area contributed by atoms with Gasteiger partial charge in [0, 0.05) is 12.4 Å². The standard InChI is InChI=1S/C13H13N3O2/c17-13(12-10-14-6-7-15-12)16-8-9-18-11-4-2-1-3-5-11/h1-7,10H,8-9H2,(H,16,17). The van der Waals surface area contributed by atoms with Crippen molar-refractivity contribution in [3.05, 3.63) is 54.6 Å². The van der Waals surface area contributed by atoms with Crippen molar-refractivity contribution in [1.29, 1.82) is 0 Å². The van der Waals surface area contributed by atoms with Crippen molar-refractivity contribution in [2.45, 2.75) is 0 Å². The lowest BCUT2D eigenvalue weighted by Gasteiger charge is -2.06. The quantitative estimate of drug-likeness (QED) is 0.803. The molecular weight excluding hydrogens is 230 g/mol. The Hall–Kier alpha value is -2.43. The van der Waals surface area contributed by atoms with Crippen LogP contribution in [-0.4, -0.2) is 29.0 Å². The number of para-hydroxylation sites is 1. The summed E-state index contributed by atoms with van der Waals surface area (Å²) < 4.78 is 5.44. The molecule has 0 radical (unpaired) electrons. The summed E-state index contributed by atoms with van der Waals surface area (Å²) in [4.78, 5) is 19.3. The number of carbonyl (C=O) groups is 1. The molecule has 1 amide bonds. The highest BCUT2D eigenvalue weighted by atomic mass is 16.5. The zero-order valence-corrected chi connectivity index (χ0v) is 9.74. The highest BCUT2D eigenvalue weighted by Gasteiger charge is 2.05. The monoisotopic (exact) mass is 243 g/mol. The molecule has 1 heterocycles. The SMILES string of the molecule is O=C(NCCOc1ccccc1)c1cnccn1. The number of ether oxygens (including phenoxy) is 1. The fourth-order valence-corrected chi connectivity index (χ4v) is 1.36. The lowest BCUT2D eigenvalue weighted by atomic mass is 10.3. The number of hydrogen-bond acceptors (Lipinski definition) is 4. The minimum Gasteiger partial charge on any atom is -0.492 e. The number of carbonyl (C=O) groups excluding carboxylic acids is 1. The van der Waals surface area contributed by atoms with Crippen molar-refractivity contribution < 1.29 is 9.53 Å². The number of amides is 1. The van der Waals surface area contributed by atoms with E-state index in [1.807, 2.05) is 30.3 Å². The third-order valence-electron chi connectivity index (χ3n) is 2.20. The second-order valence-corrected chi connectivity index (χ2v) is 3.51. The molecule has 1 N–H and O–H groups in total. The van der Waals surface area contributed by atoms with Gasteiger partial charge in [-0.05, 0) is 12.1 Å². The van der Waals surface area contributed by atoms with Crippen LogP contribution in [0.4, 0.5) is 0 Å². The zero-order chi connectivity index (χ0) is 12.6. The highest BCUT2D eigenvalue weighted by molar-refractivity contribution is 5.91. The van der Waals surface area contributed by atoms with Gasteiger partial charge in [0.25, 0.3) is 5.91 Å². The molecule has 0 aliphatic rings. The first kappa shape index (κ1) is 12.0. The molecule has 18 heavy (non-hydrogen) atoms. The molecule has 5 nitrogen and oxygen atoms in total. The lowest BCUT2D eigenvalue weighted by Crippen LogP contribution is -2.28. The summed E-state index contributed by atoms with van der Waals surface area (Å²) in [5.41, 5.74) is 0.303. The fraction of sp³-hybridized carbons (Fsp3) is 0.154. The Morgan fingerprint density at radius 1 is 1.22 bits per heavy atom. The third kappa shape index (κ3) is 3.55. The van der Waals surface area contributed by atoms with E-state index in [-0.39, 0.29) is 5.91 Å². The molecule has 5 heteroatoms. The van der Waals surface area contributed by atoms with Gasteiger partial charge in [0.1, 0.15) is 18.1 Å². The Bertz CT molecular complexity index is 488. The average Bonchev–Trinajstić information content (AvgIpc) is 2.45. The minimum absolute atomic E-state index is 0.250. The maximum atomic E-state index is 11.6. The normalized spacial score (nSPS) is 9.78. The van der Waals surface area contributed by atoms with Crippen LogP contribution < -0.4 is 10.1 Å². The molecule has 0 fully saturated rings. The van der Waals surface area contributed by atoms with Crippen molar-refractivity contribution in [2.24, 2.45) is 0 Å². The first-order valence-corrected chi connectivity index (χ1v) is 5.58. The smallest absolute Gasteiger partial charge is 0.271 e. The van der Waals surface area contributed by atoms with E-state index >= 15 is 0 Å². The molecule has 0 atom stereocenters. The van der Waals surface area contributed by atoms with Gasteiger partial charge in [-0.1, -0.05) is 18.2 Å². The Morgan fingerprint density at radius 2 is 2.06 bits per heavy atom. The topological polar surface area (TPSA) is 64.1 Å². The van der Waals surface area contributed by atoms with Gasteiger partial charge in [-0.15, -0.1) is 0 Å². The maximum absolute atomic E-state index is 11.6. The molecule has 0 aliphatic carbocycles. The third-order valence-corrected chi connectivity index (χ3v) is 2.20. The van der Waals surface area contributed by atoms with Crippen LogP contribution in [0.25, 0.3) is 0 Å². The molecule has 0 bridgehead atoms. The number of nitrogens with zero attached hydrogens (tertiary/aromatic N) is 2. The van der Waals surface area contributed by atoms with E-state index in [0.717, 1.165) is 5.75 Å². The fourth-order valence-electron chi connectivity index (χ4n) is 1.36. The number of nitrogens with one attached hydrogen (secondary N) is 1. The van der Waals surface area contributed by atoms with Gasteiger partial charge in [-0.2, -0.15) is 0 Å². The van der Waals surface area contributed by atoms with Gasteiger partial charge in [0.2, 0.25) is 0 Å². The Kier molecular flexibility index (Phi) is 4.24. The summed E-state index contributed by atoms with van der Waals surface area (Å²) in [6.07, 6.45) is 4.43. The van der Waals surface area contributed by atoms with E-state index in [1.54, 1.807) is 0 Å². The van der Waals surface area contributed by atoms with Crippen molar-refractivity contribution in [3.8, 4) is 5.75 Å². The van der Waals surface area contributed by atoms with E-state index in [2.05, 4.69) is 15.3 Å². The number of rotatable bonds is 5. The Labute approximate surface area is 105 Å². The molecule has 92 valence electrons. The summed E-state index contributed by atoms with van der Waals surface area (Å²) in [5.74, 6) is 0.533. The second-order valence-electron chi connectivity index (χ2n) is 3.51.